The third kappa shape index (κ3) is 2.28. The first-order valence-corrected chi connectivity index (χ1v) is 3.09. The van der Waals surface area contributed by atoms with Crippen LogP contribution in [0.1, 0.15) is 12.8 Å². The Bertz CT molecular complexity index is 59.5. The summed E-state index contributed by atoms with van der Waals surface area (Å²) < 4.78 is 4.99. The van der Waals surface area contributed by atoms with Gasteiger partial charge >= 0.3 is 0 Å². The van der Waals surface area contributed by atoms with Crippen molar-refractivity contribution in [3.8, 4) is 0 Å². The van der Waals surface area contributed by atoms with Gasteiger partial charge in [0.25, 0.3) is 0 Å². The fraction of sp³-hybridized carbons (Fsp3) is 1.00. The molecule has 0 aromatic carbocycles. The average Bonchev–Trinajstić information content (AvgIpc) is 2.51. The predicted octanol–water partition coefficient (Wildman–Crippen LogP) is 0.844. The Morgan fingerprint density at radius 2 is 2.25 bits per heavy atom. The van der Waals surface area contributed by atoms with Crippen LogP contribution in [0.5, 0.6) is 0 Å². The lowest BCUT2D eigenvalue weighted by Gasteiger charge is -1.95. The molecule has 2 heteroatoms. The largest absolute Gasteiger partial charge is 0.379 e. The second-order valence-electron chi connectivity index (χ2n) is 2.22. The van der Waals surface area contributed by atoms with Gasteiger partial charge in [-0.1, -0.05) is 0 Å². The number of hydrogen-bond donors (Lipinski definition) is 0. The van der Waals surface area contributed by atoms with Crippen LogP contribution in [-0.2, 0) is 9.84 Å². The van der Waals surface area contributed by atoms with Crippen molar-refractivity contribution in [3.63, 3.8) is 0 Å². The minimum Gasteiger partial charge on any atom is -0.379 e. The maximum absolute atomic E-state index is 9.81. The molecule has 0 atom stereocenters. The monoisotopic (exact) mass is 115 g/mol. The van der Waals surface area contributed by atoms with Crippen LogP contribution in [0.15, 0.2) is 0 Å². The SMILES string of the molecule is [O]CCOCC1CC1. The lowest BCUT2D eigenvalue weighted by molar-refractivity contribution is 0.0586. The minimum atomic E-state index is -0.0906. The second kappa shape index (κ2) is 3.05. The van der Waals surface area contributed by atoms with Crippen LogP contribution >= 0.6 is 0 Å². The van der Waals surface area contributed by atoms with Crippen LogP contribution < -0.4 is 0 Å². The summed E-state index contributed by atoms with van der Waals surface area (Å²) in [6, 6.07) is 0. The first-order chi connectivity index (χ1) is 3.93. The molecule has 0 N–H and O–H groups in total. The normalized spacial score (nSPS) is 19.1. The molecule has 0 aromatic heterocycles. The van der Waals surface area contributed by atoms with E-state index in [1.165, 1.54) is 12.8 Å². The zero-order valence-electron chi connectivity index (χ0n) is 4.93. The van der Waals surface area contributed by atoms with Crippen LogP contribution in [0.3, 0.4) is 0 Å². The molecule has 1 saturated carbocycles. The average molecular weight is 115 g/mol. The predicted molar refractivity (Wildman–Crippen MR) is 29.1 cm³/mol. The molecule has 0 saturated heterocycles. The van der Waals surface area contributed by atoms with Crippen molar-refractivity contribution < 1.29 is 9.84 Å². The van der Waals surface area contributed by atoms with Crippen molar-refractivity contribution in [1.82, 2.24) is 0 Å². The van der Waals surface area contributed by atoms with Gasteiger partial charge in [0.05, 0.1) is 6.61 Å². The van der Waals surface area contributed by atoms with Crippen molar-refractivity contribution in [2.24, 2.45) is 5.92 Å². The van der Waals surface area contributed by atoms with Gasteiger partial charge in [-0.15, -0.1) is 0 Å². The summed E-state index contributed by atoms with van der Waals surface area (Å²) in [6.07, 6.45) is 2.61. The van der Waals surface area contributed by atoms with E-state index >= 15 is 0 Å². The summed E-state index contributed by atoms with van der Waals surface area (Å²) in [6.45, 7) is 1.13. The molecular formula is C6H11O2. The Morgan fingerprint density at radius 1 is 1.50 bits per heavy atom. The highest BCUT2D eigenvalue weighted by atomic mass is 16.5. The summed E-state index contributed by atoms with van der Waals surface area (Å²) in [5.41, 5.74) is 0. The molecule has 0 spiro atoms. The summed E-state index contributed by atoms with van der Waals surface area (Å²) in [4.78, 5) is 0. The highest BCUT2D eigenvalue weighted by Crippen LogP contribution is 2.28. The van der Waals surface area contributed by atoms with E-state index in [0.717, 1.165) is 12.5 Å². The van der Waals surface area contributed by atoms with E-state index in [-0.39, 0.29) is 6.61 Å². The maximum atomic E-state index is 9.81. The van der Waals surface area contributed by atoms with E-state index in [4.69, 9.17) is 4.74 Å². The molecular weight excluding hydrogens is 104 g/mol. The van der Waals surface area contributed by atoms with Crippen molar-refractivity contribution in [3.05, 3.63) is 0 Å². The van der Waals surface area contributed by atoms with Gasteiger partial charge in [0, 0.05) is 6.61 Å². The molecule has 47 valence electrons. The zero-order valence-corrected chi connectivity index (χ0v) is 4.93. The molecule has 1 aliphatic carbocycles. The van der Waals surface area contributed by atoms with E-state index in [2.05, 4.69) is 0 Å². The molecule has 0 aliphatic heterocycles. The lowest BCUT2D eigenvalue weighted by Crippen LogP contribution is -2.00. The topological polar surface area (TPSA) is 29.1 Å². The van der Waals surface area contributed by atoms with Crippen molar-refractivity contribution in [1.29, 1.82) is 0 Å². The van der Waals surface area contributed by atoms with Crippen molar-refractivity contribution >= 4 is 0 Å². The molecule has 0 heterocycles. The Hall–Kier alpha value is -0.0800. The van der Waals surface area contributed by atoms with Crippen LogP contribution in [0.4, 0.5) is 0 Å². The van der Waals surface area contributed by atoms with Gasteiger partial charge in [0.1, 0.15) is 6.61 Å². The second-order valence-corrected chi connectivity index (χ2v) is 2.22. The molecule has 2 nitrogen and oxygen atoms in total. The highest BCUT2D eigenvalue weighted by Gasteiger charge is 2.20. The summed E-state index contributed by atoms with van der Waals surface area (Å²) in [5.74, 6) is 0.793. The van der Waals surface area contributed by atoms with Gasteiger partial charge in [-0.2, -0.15) is 0 Å². The molecule has 0 bridgehead atoms. The van der Waals surface area contributed by atoms with Crippen LogP contribution in [0.25, 0.3) is 0 Å². The molecule has 1 rings (SSSR count). The molecule has 1 radical (unpaired) electrons. The standard InChI is InChI=1S/C6H11O2/c7-3-4-8-5-6-1-2-6/h6H,1-5H2. The van der Waals surface area contributed by atoms with Gasteiger partial charge in [-0.25, -0.2) is 5.11 Å². The van der Waals surface area contributed by atoms with Gasteiger partial charge in [-0.05, 0) is 18.8 Å². The Kier molecular flexibility index (Phi) is 2.30. The van der Waals surface area contributed by atoms with Crippen LogP contribution in [0.2, 0.25) is 0 Å². The van der Waals surface area contributed by atoms with E-state index in [0.29, 0.717) is 6.61 Å². The van der Waals surface area contributed by atoms with E-state index < -0.39 is 0 Å². The summed E-state index contributed by atoms with van der Waals surface area (Å²) >= 11 is 0. The van der Waals surface area contributed by atoms with Gasteiger partial charge in [0.15, 0.2) is 0 Å². The fourth-order valence-corrected chi connectivity index (χ4v) is 0.593. The van der Waals surface area contributed by atoms with Crippen LogP contribution in [-0.4, -0.2) is 19.8 Å². The first kappa shape index (κ1) is 6.05. The molecule has 1 aliphatic rings. The highest BCUT2D eigenvalue weighted by molar-refractivity contribution is 4.71. The smallest absolute Gasteiger partial charge is 0.106 e. The van der Waals surface area contributed by atoms with Crippen LogP contribution in [0, 0.1) is 5.92 Å². The van der Waals surface area contributed by atoms with Crippen molar-refractivity contribution in [2.45, 2.75) is 12.8 Å². The fourth-order valence-electron chi connectivity index (χ4n) is 0.593. The Morgan fingerprint density at radius 3 is 2.75 bits per heavy atom. The van der Waals surface area contributed by atoms with Gasteiger partial charge in [0.2, 0.25) is 0 Å². The third-order valence-corrected chi connectivity index (χ3v) is 1.28. The third-order valence-electron chi connectivity index (χ3n) is 1.28. The molecule has 0 aromatic rings. The summed E-state index contributed by atoms with van der Waals surface area (Å²) in [5, 5.41) is 9.81. The number of rotatable bonds is 4. The van der Waals surface area contributed by atoms with Gasteiger partial charge in [-0.3, -0.25) is 0 Å². The van der Waals surface area contributed by atoms with E-state index in [1.54, 1.807) is 0 Å². The Balaban J connectivity index is 1.74. The summed E-state index contributed by atoms with van der Waals surface area (Å²) in [7, 11) is 0. The zero-order chi connectivity index (χ0) is 5.82. The van der Waals surface area contributed by atoms with Gasteiger partial charge < -0.3 is 4.74 Å². The number of ether oxygens (including phenoxy) is 1. The van der Waals surface area contributed by atoms with Crippen molar-refractivity contribution in [2.75, 3.05) is 19.8 Å². The lowest BCUT2D eigenvalue weighted by atomic mass is 10.5. The molecule has 1 fully saturated rings. The molecule has 0 unspecified atom stereocenters. The van der Waals surface area contributed by atoms with E-state index in [9.17, 15) is 5.11 Å². The quantitative estimate of drug-likeness (QED) is 0.499. The maximum Gasteiger partial charge on any atom is 0.106 e. The Labute approximate surface area is 49.5 Å². The minimum absolute atomic E-state index is 0.0906. The first-order valence-electron chi connectivity index (χ1n) is 3.09. The number of hydrogen-bond acceptors (Lipinski definition) is 1. The van der Waals surface area contributed by atoms with E-state index in [1.807, 2.05) is 0 Å². The molecule has 0 amide bonds. The molecule has 8 heavy (non-hydrogen) atoms.